The zero-order chi connectivity index (χ0) is 15.6. The van der Waals surface area contributed by atoms with Crippen LogP contribution >= 0.6 is 11.8 Å². The number of rotatable bonds is 2. The number of fused-ring (bicyclic) bond motifs is 1. The van der Waals surface area contributed by atoms with Crippen molar-refractivity contribution >= 4 is 23.6 Å². The van der Waals surface area contributed by atoms with Crippen LogP contribution in [0.5, 0.6) is 0 Å². The van der Waals surface area contributed by atoms with E-state index >= 15 is 0 Å². The molecule has 1 aliphatic heterocycles. The molecule has 5 heteroatoms. The third kappa shape index (κ3) is 2.74. The van der Waals surface area contributed by atoms with Crippen LogP contribution in [0.15, 0.2) is 24.3 Å². The average Bonchev–Trinajstić information content (AvgIpc) is 2.55. The molecule has 0 saturated carbocycles. The van der Waals surface area contributed by atoms with E-state index in [1.165, 1.54) is 12.5 Å². The lowest BCUT2D eigenvalue weighted by Crippen LogP contribution is -2.59. The SMILES string of the molecule is CC(=O)NC1(C(=O)N2CCSCC2)CCCc2ccccc21. The van der Waals surface area contributed by atoms with Crippen LogP contribution in [-0.4, -0.2) is 41.3 Å². The van der Waals surface area contributed by atoms with Gasteiger partial charge >= 0.3 is 0 Å². The van der Waals surface area contributed by atoms with E-state index in [4.69, 9.17) is 0 Å². The van der Waals surface area contributed by atoms with Gasteiger partial charge in [0, 0.05) is 31.5 Å². The molecule has 1 atom stereocenters. The van der Waals surface area contributed by atoms with E-state index < -0.39 is 5.54 Å². The highest BCUT2D eigenvalue weighted by molar-refractivity contribution is 7.99. The molecule has 1 fully saturated rings. The summed E-state index contributed by atoms with van der Waals surface area (Å²) < 4.78 is 0. The van der Waals surface area contributed by atoms with Crippen LogP contribution in [0, 0.1) is 0 Å². The number of carbonyl (C=O) groups is 2. The second kappa shape index (κ2) is 6.32. The minimum Gasteiger partial charge on any atom is -0.339 e. The maximum absolute atomic E-state index is 13.3. The van der Waals surface area contributed by atoms with Crippen molar-refractivity contribution in [3.05, 3.63) is 35.4 Å². The molecule has 1 aromatic carbocycles. The van der Waals surface area contributed by atoms with Gasteiger partial charge in [0.05, 0.1) is 0 Å². The van der Waals surface area contributed by atoms with Crippen LogP contribution in [0.4, 0.5) is 0 Å². The predicted octanol–water partition coefficient (Wildman–Crippen LogP) is 1.93. The van der Waals surface area contributed by atoms with Gasteiger partial charge in [0.2, 0.25) is 5.91 Å². The first kappa shape index (κ1) is 15.4. The van der Waals surface area contributed by atoms with Gasteiger partial charge < -0.3 is 10.2 Å². The molecule has 1 saturated heterocycles. The lowest BCUT2D eigenvalue weighted by atomic mass is 9.75. The van der Waals surface area contributed by atoms with Gasteiger partial charge in [0.15, 0.2) is 0 Å². The van der Waals surface area contributed by atoms with Crippen LogP contribution in [0.1, 0.15) is 30.9 Å². The van der Waals surface area contributed by atoms with Crippen molar-refractivity contribution in [3.8, 4) is 0 Å². The average molecular weight is 318 g/mol. The fraction of sp³-hybridized carbons (Fsp3) is 0.529. The zero-order valence-electron chi connectivity index (χ0n) is 12.9. The molecular formula is C17H22N2O2S. The number of hydrogen-bond donors (Lipinski definition) is 1. The molecule has 1 N–H and O–H groups in total. The predicted molar refractivity (Wildman–Crippen MR) is 88.8 cm³/mol. The fourth-order valence-corrected chi connectivity index (χ4v) is 4.48. The Labute approximate surface area is 135 Å². The molecule has 0 spiro atoms. The molecule has 0 aromatic heterocycles. The molecule has 118 valence electrons. The molecule has 4 nitrogen and oxygen atoms in total. The summed E-state index contributed by atoms with van der Waals surface area (Å²) in [7, 11) is 0. The second-order valence-corrected chi connectivity index (χ2v) is 7.23. The standard InChI is InChI=1S/C17H22N2O2S/c1-13(20)18-17(16(21)19-9-11-22-12-10-19)8-4-6-14-5-2-3-7-15(14)17/h2-3,5,7H,4,6,8-12H2,1H3,(H,18,20). The number of benzene rings is 1. The number of aryl methyl sites for hydroxylation is 1. The molecule has 1 unspecified atom stereocenters. The highest BCUT2D eigenvalue weighted by atomic mass is 32.2. The number of amides is 2. The first-order valence-corrected chi connectivity index (χ1v) is 9.03. The van der Waals surface area contributed by atoms with Crippen molar-refractivity contribution in [1.82, 2.24) is 10.2 Å². The van der Waals surface area contributed by atoms with Crippen molar-refractivity contribution in [2.45, 2.75) is 31.7 Å². The molecule has 1 heterocycles. The minimum absolute atomic E-state index is 0.0650. The quantitative estimate of drug-likeness (QED) is 0.906. The smallest absolute Gasteiger partial charge is 0.253 e. The molecule has 1 aliphatic carbocycles. The number of carbonyl (C=O) groups excluding carboxylic acids is 2. The molecule has 0 radical (unpaired) electrons. The lowest BCUT2D eigenvalue weighted by molar-refractivity contribution is -0.142. The van der Waals surface area contributed by atoms with Crippen molar-refractivity contribution in [3.63, 3.8) is 0 Å². The molecule has 2 aliphatic rings. The van der Waals surface area contributed by atoms with E-state index in [1.54, 1.807) is 0 Å². The molecule has 1 aromatic rings. The molecule has 0 bridgehead atoms. The Balaban J connectivity index is 2.02. The van der Waals surface area contributed by atoms with Crippen molar-refractivity contribution in [1.29, 1.82) is 0 Å². The van der Waals surface area contributed by atoms with E-state index in [9.17, 15) is 9.59 Å². The summed E-state index contributed by atoms with van der Waals surface area (Å²) in [4.78, 5) is 27.0. The summed E-state index contributed by atoms with van der Waals surface area (Å²) >= 11 is 1.88. The Morgan fingerprint density at radius 2 is 1.95 bits per heavy atom. The van der Waals surface area contributed by atoms with Crippen molar-refractivity contribution in [2.24, 2.45) is 0 Å². The minimum atomic E-state index is -0.872. The first-order valence-electron chi connectivity index (χ1n) is 7.88. The van der Waals surface area contributed by atoms with Crippen molar-refractivity contribution < 1.29 is 9.59 Å². The van der Waals surface area contributed by atoms with Crippen LogP contribution in [-0.2, 0) is 21.5 Å². The Hall–Kier alpha value is -1.49. The van der Waals surface area contributed by atoms with E-state index in [0.717, 1.165) is 43.0 Å². The van der Waals surface area contributed by atoms with Crippen LogP contribution in [0.2, 0.25) is 0 Å². The van der Waals surface area contributed by atoms with Crippen molar-refractivity contribution in [2.75, 3.05) is 24.6 Å². The molecular weight excluding hydrogens is 296 g/mol. The maximum atomic E-state index is 13.3. The lowest BCUT2D eigenvalue weighted by Gasteiger charge is -2.42. The summed E-state index contributed by atoms with van der Waals surface area (Å²) in [6, 6.07) is 8.04. The van der Waals surface area contributed by atoms with Gasteiger partial charge in [0.1, 0.15) is 5.54 Å². The third-order valence-corrected chi connectivity index (χ3v) is 5.47. The zero-order valence-corrected chi connectivity index (χ0v) is 13.7. The number of nitrogens with zero attached hydrogens (tertiary/aromatic N) is 1. The first-order chi connectivity index (χ1) is 10.6. The van der Waals surface area contributed by atoms with E-state index in [0.29, 0.717) is 6.42 Å². The molecule has 3 rings (SSSR count). The van der Waals surface area contributed by atoms with Gasteiger partial charge in [-0.05, 0) is 30.4 Å². The van der Waals surface area contributed by atoms with Gasteiger partial charge in [-0.1, -0.05) is 24.3 Å². The Morgan fingerprint density at radius 1 is 1.23 bits per heavy atom. The summed E-state index contributed by atoms with van der Waals surface area (Å²) in [5.74, 6) is 1.87. The van der Waals surface area contributed by atoms with Gasteiger partial charge in [-0.25, -0.2) is 0 Å². The number of hydrogen-bond acceptors (Lipinski definition) is 3. The number of nitrogens with one attached hydrogen (secondary N) is 1. The van der Waals surface area contributed by atoms with Gasteiger partial charge in [-0.3, -0.25) is 9.59 Å². The topological polar surface area (TPSA) is 49.4 Å². The fourth-order valence-electron chi connectivity index (χ4n) is 3.58. The van der Waals surface area contributed by atoms with Gasteiger partial charge in [-0.15, -0.1) is 0 Å². The maximum Gasteiger partial charge on any atom is 0.253 e. The highest BCUT2D eigenvalue weighted by Gasteiger charge is 2.46. The van der Waals surface area contributed by atoms with Crippen LogP contribution in [0.25, 0.3) is 0 Å². The molecule has 2 amide bonds. The normalized spacial score (nSPS) is 24.5. The van der Waals surface area contributed by atoms with Crippen LogP contribution < -0.4 is 5.32 Å². The Morgan fingerprint density at radius 3 is 2.68 bits per heavy atom. The monoisotopic (exact) mass is 318 g/mol. The largest absolute Gasteiger partial charge is 0.339 e. The Bertz CT molecular complexity index is 584. The van der Waals surface area contributed by atoms with Gasteiger partial charge in [0.25, 0.3) is 5.91 Å². The summed E-state index contributed by atoms with van der Waals surface area (Å²) in [5, 5.41) is 3.01. The third-order valence-electron chi connectivity index (χ3n) is 4.53. The van der Waals surface area contributed by atoms with E-state index in [-0.39, 0.29) is 11.8 Å². The van der Waals surface area contributed by atoms with Gasteiger partial charge in [-0.2, -0.15) is 11.8 Å². The highest BCUT2D eigenvalue weighted by Crippen LogP contribution is 2.37. The van der Waals surface area contributed by atoms with E-state index in [1.807, 2.05) is 34.9 Å². The molecule has 22 heavy (non-hydrogen) atoms. The van der Waals surface area contributed by atoms with Crippen LogP contribution in [0.3, 0.4) is 0 Å². The number of thioether (sulfide) groups is 1. The Kier molecular flexibility index (Phi) is 4.43. The van der Waals surface area contributed by atoms with E-state index in [2.05, 4.69) is 11.4 Å². The summed E-state index contributed by atoms with van der Waals surface area (Å²) in [6.45, 7) is 3.04. The summed E-state index contributed by atoms with van der Waals surface area (Å²) in [5.41, 5.74) is 1.30. The summed E-state index contributed by atoms with van der Waals surface area (Å²) in [6.07, 6.45) is 2.58. The second-order valence-electron chi connectivity index (χ2n) is 6.00.